The number of hydrogen-bond donors (Lipinski definition) is 0. The van der Waals surface area contributed by atoms with Crippen molar-refractivity contribution in [2.45, 2.75) is 38.1 Å². The van der Waals surface area contributed by atoms with Crippen molar-refractivity contribution < 1.29 is 9.21 Å². The first-order valence-corrected chi connectivity index (χ1v) is 7.63. The molecule has 108 valence electrons. The van der Waals surface area contributed by atoms with Gasteiger partial charge in [0.05, 0.1) is 6.54 Å². The number of amides is 1. The van der Waals surface area contributed by atoms with Gasteiger partial charge < -0.3 is 9.32 Å². The molecule has 0 aromatic carbocycles. The van der Waals surface area contributed by atoms with E-state index >= 15 is 0 Å². The number of rotatable bonds is 4. The average Bonchev–Trinajstić information content (AvgIpc) is 3.38. The molecule has 1 aliphatic heterocycles. The summed E-state index contributed by atoms with van der Waals surface area (Å²) in [5, 5.41) is 8.24. The molecule has 1 aromatic heterocycles. The smallest absolute Gasteiger partial charge is 0.230 e. The van der Waals surface area contributed by atoms with Crippen LogP contribution >= 0.6 is 0 Å². The summed E-state index contributed by atoms with van der Waals surface area (Å²) < 4.78 is 5.69. The number of nitrogens with zero attached hydrogens (tertiary/aromatic N) is 4. The van der Waals surface area contributed by atoms with Crippen molar-refractivity contribution in [2.75, 3.05) is 26.2 Å². The molecule has 2 heterocycles. The Kier molecular flexibility index (Phi) is 2.98. The first-order valence-electron chi connectivity index (χ1n) is 7.63. The monoisotopic (exact) mass is 276 g/mol. The van der Waals surface area contributed by atoms with Crippen molar-refractivity contribution in [3.63, 3.8) is 0 Å². The quantitative estimate of drug-likeness (QED) is 0.821. The van der Waals surface area contributed by atoms with Gasteiger partial charge in [-0.3, -0.25) is 9.69 Å². The fourth-order valence-electron chi connectivity index (χ4n) is 2.73. The van der Waals surface area contributed by atoms with Crippen molar-refractivity contribution in [3.05, 3.63) is 11.8 Å². The van der Waals surface area contributed by atoms with Crippen LogP contribution in [0.2, 0.25) is 0 Å². The standard InChI is InChI=1S/C14H20N4O2/c19-14(11-3-4-11)18-7-5-17(6-8-18)9-12-15-16-13(20-12)10-1-2-10/h10-11H,1-9H2. The van der Waals surface area contributed by atoms with E-state index in [1.807, 2.05) is 4.90 Å². The number of carbonyl (C=O) groups excluding carboxylic acids is 1. The Balaban J connectivity index is 1.28. The molecule has 2 saturated carbocycles. The van der Waals surface area contributed by atoms with Crippen LogP contribution in [0, 0.1) is 5.92 Å². The molecule has 3 aliphatic rings. The van der Waals surface area contributed by atoms with Gasteiger partial charge in [0.1, 0.15) is 0 Å². The number of hydrogen-bond acceptors (Lipinski definition) is 5. The SMILES string of the molecule is O=C(C1CC1)N1CCN(Cc2nnc(C3CC3)o2)CC1. The Labute approximate surface area is 118 Å². The molecule has 20 heavy (non-hydrogen) atoms. The second-order valence-electron chi connectivity index (χ2n) is 6.18. The number of piperazine rings is 1. The summed E-state index contributed by atoms with van der Waals surface area (Å²) in [5.41, 5.74) is 0. The molecule has 0 spiro atoms. The number of carbonyl (C=O) groups is 1. The van der Waals surface area contributed by atoms with Crippen LogP contribution in [0.5, 0.6) is 0 Å². The normalized spacial score (nSPS) is 24.1. The van der Waals surface area contributed by atoms with Gasteiger partial charge in [0.15, 0.2) is 0 Å². The van der Waals surface area contributed by atoms with E-state index < -0.39 is 0 Å². The number of aromatic nitrogens is 2. The van der Waals surface area contributed by atoms with Crippen molar-refractivity contribution in [1.29, 1.82) is 0 Å². The molecule has 6 nitrogen and oxygen atoms in total. The Morgan fingerprint density at radius 2 is 1.85 bits per heavy atom. The van der Waals surface area contributed by atoms with Crippen LogP contribution in [-0.2, 0) is 11.3 Å². The van der Waals surface area contributed by atoms with E-state index in [0.717, 1.165) is 44.9 Å². The summed E-state index contributed by atoms with van der Waals surface area (Å²) in [6.07, 6.45) is 4.54. The van der Waals surface area contributed by atoms with Crippen molar-refractivity contribution in [2.24, 2.45) is 5.92 Å². The fourth-order valence-corrected chi connectivity index (χ4v) is 2.73. The highest BCUT2D eigenvalue weighted by Crippen LogP contribution is 2.39. The highest BCUT2D eigenvalue weighted by Gasteiger charge is 2.35. The maximum Gasteiger partial charge on any atom is 0.230 e. The molecule has 1 amide bonds. The van der Waals surface area contributed by atoms with Gasteiger partial charge in [-0.15, -0.1) is 10.2 Å². The minimum atomic E-state index is 0.332. The Morgan fingerprint density at radius 1 is 1.10 bits per heavy atom. The second kappa shape index (κ2) is 4.84. The predicted molar refractivity (Wildman–Crippen MR) is 70.9 cm³/mol. The van der Waals surface area contributed by atoms with E-state index in [9.17, 15) is 4.79 Å². The highest BCUT2D eigenvalue weighted by atomic mass is 16.4. The lowest BCUT2D eigenvalue weighted by atomic mass is 10.2. The molecular weight excluding hydrogens is 256 g/mol. The third kappa shape index (κ3) is 2.57. The Morgan fingerprint density at radius 3 is 2.50 bits per heavy atom. The van der Waals surface area contributed by atoms with E-state index in [1.165, 1.54) is 12.8 Å². The largest absolute Gasteiger partial charge is 0.424 e. The van der Waals surface area contributed by atoms with Crippen molar-refractivity contribution in [3.8, 4) is 0 Å². The molecule has 0 bridgehead atoms. The zero-order valence-electron chi connectivity index (χ0n) is 11.6. The molecule has 4 rings (SSSR count). The van der Waals surface area contributed by atoms with Crippen LogP contribution in [0.15, 0.2) is 4.42 Å². The van der Waals surface area contributed by atoms with E-state index in [-0.39, 0.29) is 0 Å². The zero-order chi connectivity index (χ0) is 13.5. The molecule has 2 aliphatic carbocycles. The lowest BCUT2D eigenvalue weighted by molar-refractivity contribution is -0.134. The molecule has 6 heteroatoms. The zero-order valence-corrected chi connectivity index (χ0v) is 11.6. The summed E-state index contributed by atoms with van der Waals surface area (Å²) >= 11 is 0. The van der Waals surface area contributed by atoms with Crippen LogP contribution in [0.4, 0.5) is 0 Å². The van der Waals surface area contributed by atoms with Gasteiger partial charge in [-0.2, -0.15) is 0 Å². The molecule has 0 N–H and O–H groups in total. The molecule has 1 saturated heterocycles. The molecule has 0 atom stereocenters. The minimum Gasteiger partial charge on any atom is -0.424 e. The van der Waals surface area contributed by atoms with E-state index in [4.69, 9.17) is 4.42 Å². The third-order valence-corrected chi connectivity index (χ3v) is 4.38. The van der Waals surface area contributed by atoms with Gasteiger partial charge in [0.25, 0.3) is 0 Å². The highest BCUT2D eigenvalue weighted by molar-refractivity contribution is 5.81. The first-order chi connectivity index (χ1) is 9.79. The summed E-state index contributed by atoms with van der Waals surface area (Å²) in [6, 6.07) is 0. The van der Waals surface area contributed by atoms with E-state index in [1.54, 1.807) is 0 Å². The van der Waals surface area contributed by atoms with Crippen molar-refractivity contribution >= 4 is 5.91 Å². The fraction of sp³-hybridized carbons (Fsp3) is 0.786. The lowest BCUT2D eigenvalue weighted by Crippen LogP contribution is -2.48. The van der Waals surface area contributed by atoms with Crippen LogP contribution < -0.4 is 0 Å². The Bertz CT molecular complexity index is 499. The average molecular weight is 276 g/mol. The summed E-state index contributed by atoms with van der Waals surface area (Å²) in [4.78, 5) is 16.3. The third-order valence-electron chi connectivity index (χ3n) is 4.38. The molecule has 3 fully saturated rings. The molecule has 0 unspecified atom stereocenters. The molecule has 1 aromatic rings. The van der Waals surface area contributed by atoms with Gasteiger partial charge in [0, 0.05) is 38.0 Å². The van der Waals surface area contributed by atoms with Gasteiger partial charge in [-0.05, 0) is 25.7 Å². The van der Waals surface area contributed by atoms with Gasteiger partial charge >= 0.3 is 0 Å². The van der Waals surface area contributed by atoms with Crippen molar-refractivity contribution in [1.82, 2.24) is 20.0 Å². The van der Waals surface area contributed by atoms with E-state index in [2.05, 4.69) is 15.1 Å². The van der Waals surface area contributed by atoms with Crippen LogP contribution in [0.25, 0.3) is 0 Å². The summed E-state index contributed by atoms with van der Waals surface area (Å²) in [7, 11) is 0. The maximum atomic E-state index is 12.0. The van der Waals surface area contributed by atoms with Gasteiger partial charge in [0.2, 0.25) is 17.7 Å². The van der Waals surface area contributed by atoms with Crippen LogP contribution in [-0.4, -0.2) is 52.1 Å². The van der Waals surface area contributed by atoms with Gasteiger partial charge in [-0.1, -0.05) is 0 Å². The molecular formula is C14H20N4O2. The van der Waals surface area contributed by atoms with E-state index in [0.29, 0.717) is 30.2 Å². The first kappa shape index (κ1) is 12.3. The maximum absolute atomic E-state index is 12.0. The summed E-state index contributed by atoms with van der Waals surface area (Å²) in [5.74, 6) is 2.73. The topological polar surface area (TPSA) is 62.5 Å². The lowest BCUT2D eigenvalue weighted by Gasteiger charge is -2.34. The second-order valence-corrected chi connectivity index (χ2v) is 6.18. The van der Waals surface area contributed by atoms with Crippen LogP contribution in [0.1, 0.15) is 43.4 Å². The Hall–Kier alpha value is -1.43. The van der Waals surface area contributed by atoms with Gasteiger partial charge in [-0.25, -0.2) is 0 Å². The minimum absolute atomic E-state index is 0.332. The molecule has 0 radical (unpaired) electrons. The summed E-state index contributed by atoms with van der Waals surface area (Å²) in [6.45, 7) is 4.18. The van der Waals surface area contributed by atoms with Crippen LogP contribution in [0.3, 0.4) is 0 Å². The predicted octanol–water partition coefficient (Wildman–Crippen LogP) is 1.00.